The van der Waals surface area contributed by atoms with E-state index < -0.39 is 67.5 Å². The minimum absolute atomic E-state index is 0.0949. The number of carbonyl (C=O) groups is 3. The Labute approximate surface area is 259 Å². The third-order valence-corrected chi connectivity index (χ3v) is 6.83. The number of para-hydroxylation sites is 1. The molecule has 0 bridgehead atoms. The van der Waals surface area contributed by atoms with Crippen LogP contribution in [0.25, 0.3) is 0 Å². The number of ether oxygens (including phenoxy) is 6. The quantitative estimate of drug-likeness (QED) is 0.181. The average molecular weight is 641 g/mol. The summed E-state index contributed by atoms with van der Waals surface area (Å²) >= 11 is 0. The number of carbonyl (C=O) groups excluding carboxylic acids is 3. The number of methoxy groups -OCH3 is 1. The molecule has 1 saturated heterocycles. The van der Waals surface area contributed by atoms with Crippen molar-refractivity contribution in [2.45, 2.75) is 83.4 Å². The zero-order valence-corrected chi connectivity index (χ0v) is 25.6. The molecule has 248 valence electrons. The lowest BCUT2D eigenvalue weighted by Gasteiger charge is -2.31. The highest BCUT2D eigenvalue weighted by atomic mass is 19.4. The number of amides is 1. The van der Waals surface area contributed by atoms with Gasteiger partial charge in [0.2, 0.25) is 6.79 Å². The zero-order valence-electron chi connectivity index (χ0n) is 25.6. The number of aromatic nitrogens is 1. The summed E-state index contributed by atoms with van der Waals surface area (Å²) in [4.78, 5) is 42.6. The molecule has 1 aliphatic heterocycles. The van der Waals surface area contributed by atoms with Crippen molar-refractivity contribution in [3.8, 4) is 17.2 Å². The molecule has 0 saturated carbocycles. The lowest BCUT2D eigenvalue weighted by Crippen LogP contribution is -2.46. The van der Waals surface area contributed by atoms with Gasteiger partial charge in [-0.05, 0) is 44.7 Å². The first-order valence-corrected chi connectivity index (χ1v) is 14.6. The van der Waals surface area contributed by atoms with Gasteiger partial charge in [0.25, 0.3) is 5.91 Å². The van der Waals surface area contributed by atoms with Crippen LogP contribution in [-0.2, 0) is 23.8 Å². The number of benzene rings is 1. The zero-order chi connectivity index (χ0) is 33.0. The number of pyridine rings is 1. The molecule has 0 spiro atoms. The van der Waals surface area contributed by atoms with E-state index in [-0.39, 0.29) is 36.6 Å². The first-order valence-electron chi connectivity index (χ1n) is 14.6. The van der Waals surface area contributed by atoms with Crippen LogP contribution < -0.4 is 19.5 Å². The fourth-order valence-corrected chi connectivity index (χ4v) is 4.52. The summed E-state index contributed by atoms with van der Waals surface area (Å²) in [5.41, 5.74) is -0.216. The van der Waals surface area contributed by atoms with E-state index in [2.05, 4.69) is 10.3 Å². The van der Waals surface area contributed by atoms with Crippen LogP contribution in [-0.4, -0.2) is 73.9 Å². The van der Waals surface area contributed by atoms with E-state index in [1.807, 2.05) is 0 Å². The monoisotopic (exact) mass is 640 g/mol. The maximum absolute atomic E-state index is 13.4. The normalized spacial score (nSPS) is 20.7. The molecule has 1 amide bonds. The van der Waals surface area contributed by atoms with Crippen LogP contribution in [0, 0.1) is 5.92 Å². The first-order chi connectivity index (χ1) is 21.4. The Kier molecular flexibility index (Phi) is 13.3. The second-order valence-corrected chi connectivity index (χ2v) is 10.7. The number of esters is 2. The van der Waals surface area contributed by atoms with E-state index >= 15 is 0 Å². The minimum atomic E-state index is -4.31. The van der Waals surface area contributed by atoms with Crippen molar-refractivity contribution >= 4 is 17.8 Å². The Bertz CT molecular complexity index is 1260. The lowest BCUT2D eigenvalue weighted by molar-refractivity contribution is -0.161. The number of hydrogen-bond donors (Lipinski definition) is 1. The Morgan fingerprint density at radius 3 is 2.53 bits per heavy atom. The number of nitrogens with one attached hydrogen (secondary N) is 1. The van der Waals surface area contributed by atoms with Gasteiger partial charge >= 0.3 is 18.1 Å². The largest absolute Gasteiger partial charge is 0.493 e. The van der Waals surface area contributed by atoms with E-state index in [0.29, 0.717) is 18.6 Å². The predicted molar refractivity (Wildman–Crippen MR) is 154 cm³/mol. The molecule has 1 fully saturated rings. The van der Waals surface area contributed by atoms with Gasteiger partial charge in [-0.1, -0.05) is 32.0 Å². The van der Waals surface area contributed by atoms with Crippen LogP contribution in [0.3, 0.4) is 0 Å². The predicted octanol–water partition coefficient (Wildman–Crippen LogP) is 5.02. The fraction of sp³-hybridized carbons (Fsp3) is 0.548. The molecular weight excluding hydrogens is 601 g/mol. The second-order valence-electron chi connectivity index (χ2n) is 10.7. The molecule has 14 heteroatoms. The van der Waals surface area contributed by atoms with Gasteiger partial charge in [0.05, 0.1) is 19.1 Å². The smallest absolute Gasteiger partial charge is 0.389 e. The van der Waals surface area contributed by atoms with Gasteiger partial charge in [0, 0.05) is 25.3 Å². The molecular formula is C31H39F3N2O9. The molecule has 0 aliphatic carbocycles. The highest BCUT2D eigenvalue weighted by Crippen LogP contribution is 2.30. The summed E-state index contributed by atoms with van der Waals surface area (Å²) < 4.78 is 71.7. The molecule has 1 aromatic heterocycles. The average Bonchev–Trinajstić information content (AvgIpc) is 3.04. The van der Waals surface area contributed by atoms with Gasteiger partial charge < -0.3 is 33.7 Å². The standard InChI is InChI=1S/C31H39F3N2O9/c1-19(2)29(38)43-18-42-27-23(40-4)14-16-35-25(27)28(37)36-22-12-8-13-24(41-17-9-15-31(32,33)34)26(20(3)44-30(22)39)45-21-10-6-5-7-11-21/h5-7,10-11,14,16,19-20,22,24,26H,8-9,12-13,15,17-18H2,1-4H3,(H,36,37)/t20-,22-,24-,26-/m0/s1. The van der Waals surface area contributed by atoms with Gasteiger partial charge in [-0.2, -0.15) is 13.2 Å². The molecule has 4 atom stereocenters. The van der Waals surface area contributed by atoms with Crippen molar-refractivity contribution < 1.29 is 56.0 Å². The number of cyclic esters (lactones) is 1. The van der Waals surface area contributed by atoms with Gasteiger partial charge in [-0.25, -0.2) is 9.78 Å². The van der Waals surface area contributed by atoms with E-state index in [1.54, 1.807) is 51.1 Å². The van der Waals surface area contributed by atoms with Crippen molar-refractivity contribution in [2.24, 2.45) is 5.92 Å². The van der Waals surface area contributed by atoms with Gasteiger partial charge in [-0.3, -0.25) is 9.59 Å². The Balaban J connectivity index is 1.76. The van der Waals surface area contributed by atoms with Crippen LogP contribution in [0.4, 0.5) is 13.2 Å². The third kappa shape index (κ3) is 11.1. The Morgan fingerprint density at radius 2 is 1.87 bits per heavy atom. The lowest BCUT2D eigenvalue weighted by atomic mass is 10.0. The molecule has 0 unspecified atom stereocenters. The van der Waals surface area contributed by atoms with Gasteiger partial charge in [-0.15, -0.1) is 0 Å². The SMILES string of the molecule is COc1ccnc(C(=O)N[C@H]2CCC[C@H](OCCCC(F)(F)F)[C@@H](Oc3ccccc3)[C@H](C)OC2=O)c1OCOC(=O)C(C)C. The van der Waals surface area contributed by atoms with Crippen molar-refractivity contribution in [3.63, 3.8) is 0 Å². The summed E-state index contributed by atoms with van der Waals surface area (Å²) in [5, 5.41) is 2.63. The topological polar surface area (TPSA) is 132 Å². The first kappa shape index (κ1) is 35.4. The van der Waals surface area contributed by atoms with Crippen LogP contribution >= 0.6 is 0 Å². The molecule has 1 N–H and O–H groups in total. The highest BCUT2D eigenvalue weighted by molar-refractivity contribution is 5.98. The number of alkyl halides is 3. The van der Waals surface area contributed by atoms with Crippen LogP contribution in [0.5, 0.6) is 17.2 Å². The highest BCUT2D eigenvalue weighted by Gasteiger charge is 2.37. The summed E-state index contributed by atoms with van der Waals surface area (Å²) in [7, 11) is 1.36. The van der Waals surface area contributed by atoms with Gasteiger partial charge in [0.1, 0.15) is 17.9 Å². The number of rotatable bonds is 13. The Morgan fingerprint density at radius 1 is 1.13 bits per heavy atom. The number of hydrogen-bond acceptors (Lipinski definition) is 10. The summed E-state index contributed by atoms with van der Waals surface area (Å²) in [5.74, 6) is -1.91. The van der Waals surface area contributed by atoms with Crippen molar-refractivity contribution in [3.05, 3.63) is 48.3 Å². The Hall–Kier alpha value is -4.07. The summed E-state index contributed by atoms with van der Waals surface area (Å²) in [6.45, 7) is 4.23. The maximum Gasteiger partial charge on any atom is 0.389 e. The van der Waals surface area contributed by atoms with E-state index in [1.165, 1.54) is 19.4 Å². The molecule has 2 aromatic rings. The molecule has 1 aliphatic rings. The fourth-order valence-electron chi connectivity index (χ4n) is 4.52. The minimum Gasteiger partial charge on any atom is -0.493 e. The van der Waals surface area contributed by atoms with E-state index in [9.17, 15) is 27.6 Å². The molecule has 2 heterocycles. The molecule has 11 nitrogen and oxygen atoms in total. The van der Waals surface area contributed by atoms with Crippen LogP contribution in [0.1, 0.15) is 63.4 Å². The number of nitrogens with zero attached hydrogens (tertiary/aromatic N) is 1. The van der Waals surface area contributed by atoms with E-state index in [4.69, 9.17) is 28.4 Å². The van der Waals surface area contributed by atoms with Crippen molar-refractivity contribution in [1.29, 1.82) is 0 Å². The summed E-state index contributed by atoms with van der Waals surface area (Å²) in [6.07, 6.45) is -5.89. The summed E-state index contributed by atoms with van der Waals surface area (Å²) in [6, 6.07) is 9.05. The van der Waals surface area contributed by atoms with Crippen LogP contribution in [0.2, 0.25) is 0 Å². The number of halogens is 3. The molecule has 0 radical (unpaired) electrons. The maximum atomic E-state index is 13.4. The molecule has 45 heavy (non-hydrogen) atoms. The van der Waals surface area contributed by atoms with Crippen molar-refractivity contribution in [1.82, 2.24) is 10.3 Å². The molecule has 3 rings (SSSR count). The van der Waals surface area contributed by atoms with Crippen LogP contribution in [0.15, 0.2) is 42.6 Å². The second kappa shape index (κ2) is 16.8. The van der Waals surface area contributed by atoms with Crippen molar-refractivity contribution in [2.75, 3.05) is 20.5 Å². The van der Waals surface area contributed by atoms with Gasteiger partial charge in [0.15, 0.2) is 23.3 Å². The molecule has 1 aromatic carbocycles. The third-order valence-electron chi connectivity index (χ3n) is 6.83. The van der Waals surface area contributed by atoms with E-state index in [0.717, 1.165) is 0 Å².